The molecule has 0 aliphatic carbocycles. The van der Waals surface area contributed by atoms with Gasteiger partial charge in [-0.3, -0.25) is 9.78 Å². The number of hydrogen-bond acceptors (Lipinski definition) is 3. The lowest BCUT2D eigenvalue weighted by molar-refractivity contribution is 0.112. The van der Waals surface area contributed by atoms with Crippen molar-refractivity contribution < 1.29 is 4.79 Å². The maximum absolute atomic E-state index is 11.1. The van der Waals surface area contributed by atoms with Crippen molar-refractivity contribution >= 4 is 17.3 Å². The van der Waals surface area contributed by atoms with Crippen LogP contribution >= 0.6 is 0 Å². The van der Waals surface area contributed by atoms with E-state index in [-0.39, 0.29) is 0 Å². The third-order valence-electron chi connectivity index (χ3n) is 3.16. The number of fused-ring (bicyclic) bond motifs is 1. The Morgan fingerprint density at radius 3 is 2.89 bits per heavy atom. The molecule has 0 atom stereocenters. The van der Waals surface area contributed by atoms with E-state index in [2.05, 4.69) is 9.97 Å². The molecule has 0 aromatic carbocycles. The molecule has 0 saturated heterocycles. The van der Waals surface area contributed by atoms with Crippen LogP contribution in [-0.2, 0) is 13.0 Å². The van der Waals surface area contributed by atoms with Gasteiger partial charge in [-0.05, 0) is 30.2 Å². The first-order chi connectivity index (χ1) is 9.38. The van der Waals surface area contributed by atoms with Crippen LogP contribution in [0.25, 0.3) is 11.0 Å². The summed E-state index contributed by atoms with van der Waals surface area (Å²) in [7, 11) is 0. The van der Waals surface area contributed by atoms with Gasteiger partial charge in [-0.2, -0.15) is 0 Å². The Kier molecular flexibility index (Phi) is 3.06. The molecule has 0 saturated carbocycles. The van der Waals surface area contributed by atoms with E-state index in [0.29, 0.717) is 5.56 Å². The number of aldehydes is 1. The zero-order chi connectivity index (χ0) is 13.1. The Hall–Kier alpha value is -2.49. The third kappa shape index (κ3) is 2.25. The summed E-state index contributed by atoms with van der Waals surface area (Å²) in [4.78, 5) is 19.5. The van der Waals surface area contributed by atoms with Crippen molar-refractivity contribution in [1.29, 1.82) is 0 Å². The normalized spacial score (nSPS) is 10.7. The molecule has 0 bridgehead atoms. The van der Waals surface area contributed by atoms with Gasteiger partial charge < -0.3 is 4.57 Å². The van der Waals surface area contributed by atoms with Crippen molar-refractivity contribution in [2.45, 2.75) is 13.0 Å². The van der Waals surface area contributed by atoms with E-state index in [1.54, 1.807) is 12.4 Å². The van der Waals surface area contributed by atoms with Gasteiger partial charge >= 0.3 is 0 Å². The van der Waals surface area contributed by atoms with Crippen molar-refractivity contribution in [3.63, 3.8) is 0 Å². The van der Waals surface area contributed by atoms with E-state index in [0.717, 1.165) is 30.3 Å². The lowest BCUT2D eigenvalue weighted by Crippen LogP contribution is -2.01. The minimum absolute atomic E-state index is 0.689. The Bertz CT molecular complexity index is 704. The highest BCUT2D eigenvalue weighted by molar-refractivity contribution is 5.95. The fourth-order valence-corrected chi connectivity index (χ4v) is 2.21. The van der Waals surface area contributed by atoms with Gasteiger partial charge in [-0.1, -0.05) is 6.07 Å². The Labute approximate surface area is 110 Å². The molecule has 0 aliphatic rings. The maximum Gasteiger partial charge on any atom is 0.152 e. The highest BCUT2D eigenvalue weighted by Crippen LogP contribution is 2.18. The van der Waals surface area contributed by atoms with Crippen LogP contribution in [0.2, 0.25) is 0 Å². The number of carbonyl (C=O) groups is 1. The smallest absolute Gasteiger partial charge is 0.152 e. The largest absolute Gasteiger partial charge is 0.331 e. The number of aryl methyl sites for hydroxylation is 2. The van der Waals surface area contributed by atoms with Crippen molar-refractivity contribution in [2.24, 2.45) is 0 Å². The highest BCUT2D eigenvalue weighted by Gasteiger charge is 2.08. The van der Waals surface area contributed by atoms with Gasteiger partial charge in [0, 0.05) is 42.3 Å². The molecule has 0 radical (unpaired) electrons. The number of carbonyl (C=O) groups excluding carboxylic acids is 1. The van der Waals surface area contributed by atoms with Crippen LogP contribution < -0.4 is 0 Å². The van der Waals surface area contributed by atoms with Gasteiger partial charge in [0.25, 0.3) is 0 Å². The minimum Gasteiger partial charge on any atom is -0.331 e. The van der Waals surface area contributed by atoms with Crippen molar-refractivity contribution in [1.82, 2.24) is 14.5 Å². The summed E-state index contributed by atoms with van der Waals surface area (Å²) in [5, 5.41) is 0.906. The second kappa shape index (κ2) is 5.02. The molecule has 0 unspecified atom stereocenters. The Morgan fingerprint density at radius 2 is 2.11 bits per heavy atom. The number of aromatic nitrogens is 3. The maximum atomic E-state index is 11.1. The molecular weight excluding hydrogens is 238 g/mol. The molecule has 0 fully saturated rings. The first-order valence-corrected chi connectivity index (χ1v) is 6.16. The van der Waals surface area contributed by atoms with Crippen molar-refractivity contribution in [3.8, 4) is 0 Å². The summed E-state index contributed by atoms with van der Waals surface area (Å²) < 4.78 is 2.02. The quantitative estimate of drug-likeness (QED) is 0.669. The van der Waals surface area contributed by atoms with Crippen LogP contribution in [0.1, 0.15) is 15.9 Å². The molecule has 4 heteroatoms. The molecule has 0 aliphatic heterocycles. The number of rotatable bonds is 4. The SMILES string of the molecule is O=Cc1cn(CCc2cccnc2)c2ncccc12. The van der Waals surface area contributed by atoms with E-state index in [1.807, 2.05) is 41.2 Å². The first kappa shape index (κ1) is 11.6. The summed E-state index contributed by atoms with van der Waals surface area (Å²) in [6.45, 7) is 0.785. The van der Waals surface area contributed by atoms with E-state index in [1.165, 1.54) is 5.56 Å². The van der Waals surface area contributed by atoms with E-state index >= 15 is 0 Å². The summed E-state index contributed by atoms with van der Waals surface area (Å²) >= 11 is 0. The second-order valence-electron chi connectivity index (χ2n) is 4.38. The van der Waals surface area contributed by atoms with Gasteiger partial charge in [0.15, 0.2) is 6.29 Å². The Morgan fingerprint density at radius 1 is 1.21 bits per heavy atom. The summed E-state index contributed by atoms with van der Waals surface area (Å²) in [5.41, 5.74) is 2.72. The zero-order valence-electron chi connectivity index (χ0n) is 10.4. The molecule has 3 heterocycles. The molecule has 3 aromatic heterocycles. The van der Waals surface area contributed by atoms with E-state index in [4.69, 9.17) is 0 Å². The van der Waals surface area contributed by atoms with Gasteiger partial charge in [0.05, 0.1) is 0 Å². The molecule has 0 amide bonds. The van der Waals surface area contributed by atoms with Crippen LogP contribution in [0.3, 0.4) is 0 Å². The lowest BCUT2D eigenvalue weighted by atomic mass is 10.2. The second-order valence-corrected chi connectivity index (χ2v) is 4.38. The van der Waals surface area contributed by atoms with Gasteiger partial charge in [-0.15, -0.1) is 0 Å². The number of pyridine rings is 2. The zero-order valence-corrected chi connectivity index (χ0v) is 10.4. The molecule has 0 spiro atoms. The van der Waals surface area contributed by atoms with Gasteiger partial charge in [0.1, 0.15) is 5.65 Å². The predicted octanol–water partition coefficient (Wildman–Crippen LogP) is 2.49. The van der Waals surface area contributed by atoms with Crippen LogP contribution in [0.4, 0.5) is 0 Å². The fraction of sp³-hybridized carbons (Fsp3) is 0.133. The molecule has 3 rings (SSSR count). The average Bonchev–Trinajstić information content (AvgIpc) is 2.84. The predicted molar refractivity (Wildman–Crippen MR) is 73.1 cm³/mol. The average molecular weight is 251 g/mol. The number of hydrogen-bond donors (Lipinski definition) is 0. The van der Waals surface area contributed by atoms with Crippen LogP contribution in [0.5, 0.6) is 0 Å². The summed E-state index contributed by atoms with van der Waals surface area (Å²) in [6.07, 6.45) is 8.98. The molecular formula is C15H13N3O. The first-order valence-electron chi connectivity index (χ1n) is 6.16. The van der Waals surface area contributed by atoms with Gasteiger partial charge in [-0.25, -0.2) is 4.98 Å². The van der Waals surface area contributed by atoms with Crippen molar-refractivity contribution in [3.05, 3.63) is 60.2 Å². The molecule has 0 N–H and O–H groups in total. The summed E-state index contributed by atoms with van der Waals surface area (Å²) in [5.74, 6) is 0. The van der Waals surface area contributed by atoms with Gasteiger partial charge in [0.2, 0.25) is 0 Å². The van der Waals surface area contributed by atoms with Crippen LogP contribution in [0, 0.1) is 0 Å². The third-order valence-corrected chi connectivity index (χ3v) is 3.16. The molecule has 94 valence electrons. The molecule has 3 aromatic rings. The molecule has 19 heavy (non-hydrogen) atoms. The van der Waals surface area contributed by atoms with Crippen molar-refractivity contribution in [2.75, 3.05) is 0 Å². The minimum atomic E-state index is 0.689. The summed E-state index contributed by atoms with van der Waals surface area (Å²) in [6, 6.07) is 7.75. The monoisotopic (exact) mass is 251 g/mol. The van der Waals surface area contributed by atoms with Crippen LogP contribution in [0.15, 0.2) is 49.1 Å². The topological polar surface area (TPSA) is 47.8 Å². The standard InChI is InChI=1S/C15H13N3O/c19-11-13-10-18(15-14(13)4-2-7-17-15)8-5-12-3-1-6-16-9-12/h1-4,6-7,9-11H,5,8H2. The fourth-order valence-electron chi connectivity index (χ4n) is 2.21. The van der Waals surface area contributed by atoms with E-state index in [9.17, 15) is 4.79 Å². The highest BCUT2D eigenvalue weighted by atomic mass is 16.1. The lowest BCUT2D eigenvalue weighted by Gasteiger charge is -2.04. The number of nitrogens with zero attached hydrogens (tertiary/aromatic N) is 3. The van der Waals surface area contributed by atoms with E-state index < -0.39 is 0 Å². The van der Waals surface area contributed by atoms with Crippen LogP contribution in [-0.4, -0.2) is 20.8 Å². The molecule has 4 nitrogen and oxygen atoms in total. The Balaban J connectivity index is 1.91.